The Morgan fingerprint density at radius 3 is 2.60 bits per heavy atom. The fraction of sp³-hybridized carbons (Fsp3) is 0.261. The highest BCUT2D eigenvalue weighted by atomic mass is 35.5. The number of halogens is 1. The molecule has 12 heteroatoms. The molecule has 35 heavy (non-hydrogen) atoms. The van der Waals surface area contributed by atoms with Gasteiger partial charge in [-0.25, -0.2) is 8.42 Å². The van der Waals surface area contributed by atoms with Crippen molar-refractivity contribution in [3.8, 4) is 0 Å². The summed E-state index contributed by atoms with van der Waals surface area (Å²) in [6.07, 6.45) is 0.930. The second-order valence-electron chi connectivity index (χ2n) is 8.07. The molecule has 1 amide bonds. The first-order valence-electron chi connectivity index (χ1n) is 11.0. The summed E-state index contributed by atoms with van der Waals surface area (Å²) < 4.78 is 28.1. The second-order valence-corrected chi connectivity index (χ2v) is 11.8. The molecule has 0 unspecified atom stereocenters. The maximum absolute atomic E-state index is 13.2. The van der Waals surface area contributed by atoms with Gasteiger partial charge in [-0.05, 0) is 53.7 Å². The molecule has 0 bridgehead atoms. The van der Waals surface area contributed by atoms with Crippen molar-refractivity contribution in [2.24, 2.45) is 0 Å². The number of piperidine rings is 1. The van der Waals surface area contributed by atoms with E-state index >= 15 is 0 Å². The van der Waals surface area contributed by atoms with Crippen LogP contribution in [0.25, 0.3) is 11.0 Å². The first-order chi connectivity index (χ1) is 16.9. The van der Waals surface area contributed by atoms with Crippen molar-refractivity contribution < 1.29 is 18.0 Å². The third-order valence-electron chi connectivity index (χ3n) is 5.73. The monoisotopic (exact) mass is 531 g/mol. The number of amides is 1. The lowest BCUT2D eigenvalue weighted by Gasteiger charge is -2.30. The first-order valence-corrected chi connectivity index (χ1v) is 13.6. The largest absolute Gasteiger partial charge is 0.392 e. The Bertz CT molecular complexity index is 1440. The summed E-state index contributed by atoms with van der Waals surface area (Å²) in [5.74, 6) is -0.248. The Kier molecular flexibility index (Phi) is 6.74. The van der Waals surface area contributed by atoms with Gasteiger partial charge in [0.1, 0.15) is 21.3 Å². The molecule has 1 aliphatic heterocycles. The summed E-state index contributed by atoms with van der Waals surface area (Å²) in [5, 5.41) is 11.5. The van der Waals surface area contributed by atoms with Crippen molar-refractivity contribution in [3.63, 3.8) is 0 Å². The molecule has 1 aliphatic rings. The van der Waals surface area contributed by atoms with Crippen LogP contribution in [0.3, 0.4) is 0 Å². The number of para-hydroxylation sites is 1. The molecule has 0 aliphatic carbocycles. The van der Waals surface area contributed by atoms with E-state index in [0.717, 1.165) is 27.2 Å². The Balaban J connectivity index is 1.17. The SMILES string of the molecule is O=C(NCc1ccc(S(=O)(=O)N2CCC(On3nnc4ccccc43)CC2)s1)c1ccc(Cl)cc1. The molecule has 1 fully saturated rings. The zero-order chi connectivity index (χ0) is 24.4. The molecule has 5 rings (SSSR count). The number of benzene rings is 2. The fourth-order valence-corrected chi connectivity index (χ4v) is 6.88. The Morgan fingerprint density at radius 1 is 1.09 bits per heavy atom. The Morgan fingerprint density at radius 2 is 1.83 bits per heavy atom. The third-order valence-corrected chi connectivity index (χ3v) is 9.44. The summed E-state index contributed by atoms with van der Waals surface area (Å²) in [7, 11) is -3.62. The van der Waals surface area contributed by atoms with Gasteiger partial charge in [0.25, 0.3) is 15.9 Å². The van der Waals surface area contributed by atoms with Crippen molar-refractivity contribution >= 4 is 49.9 Å². The number of hydrogen-bond donors (Lipinski definition) is 1. The second kappa shape index (κ2) is 9.94. The lowest BCUT2D eigenvalue weighted by atomic mass is 10.1. The first kappa shape index (κ1) is 23.7. The van der Waals surface area contributed by atoms with Gasteiger partial charge in [0.2, 0.25) is 0 Å². The molecule has 2 aromatic heterocycles. The number of thiophene rings is 1. The molecular weight excluding hydrogens is 510 g/mol. The summed E-state index contributed by atoms with van der Waals surface area (Å²) in [5.41, 5.74) is 2.00. The maximum atomic E-state index is 13.2. The van der Waals surface area contributed by atoms with Crippen molar-refractivity contribution in [1.82, 2.24) is 24.8 Å². The number of carbonyl (C=O) groups is 1. The number of carbonyl (C=O) groups excluding carboxylic acids is 1. The van der Waals surface area contributed by atoms with Crippen LogP contribution >= 0.6 is 22.9 Å². The minimum Gasteiger partial charge on any atom is -0.392 e. The number of fused-ring (bicyclic) bond motifs is 1. The number of sulfonamides is 1. The van der Waals surface area contributed by atoms with E-state index in [0.29, 0.717) is 36.5 Å². The van der Waals surface area contributed by atoms with Gasteiger partial charge in [0, 0.05) is 41.4 Å². The third kappa shape index (κ3) is 5.18. The topological polar surface area (TPSA) is 106 Å². The highest BCUT2D eigenvalue weighted by molar-refractivity contribution is 7.91. The predicted octanol–water partition coefficient (Wildman–Crippen LogP) is 3.36. The minimum atomic E-state index is -3.62. The highest BCUT2D eigenvalue weighted by Gasteiger charge is 2.31. The van der Waals surface area contributed by atoms with Gasteiger partial charge in [-0.3, -0.25) is 4.79 Å². The molecule has 0 atom stereocenters. The molecule has 1 N–H and O–H groups in total. The van der Waals surface area contributed by atoms with Crippen molar-refractivity contribution in [2.45, 2.75) is 29.7 Å². The average molecular weight is 532 g/mol. The predicted molar refractivity (Wildman–Crippen MR) is 133 cm³/mol. The van der Waals surface area contributed by atoms with E-state index in [-0.39, 0.29) is 22.8 Å². The highest BCUT2D eigenvalue weighted by Crippen LogP contribution is 2.27. The molecule has 182 valence electrons. The number of aromatic nitrogens is 3. The van der Waals surface area contributed by atoms with Gasteiger partial charge in [-0.2, -0.15) is 4.31 Å². The van der Waals surface area contributed by atoms with Crippen molar-refractivity contribution in [2.75, 3.05) is 13.1 Å². The Hall–Kier alpha value is -2.99. The van der Waals surface area contributed by atoms with Gasteiger partial charge in [0.05, 0.1) is 6.54 Å². The summed E-state index contributed by atoms with van der Waals surface area (Å²) >= 11 is 7.02. The van der Waals surface area contributed by atoms with E-state index < -0.39 is 10.0 Å². The summed E-state index contributed by atoms with van der Waals surface area (Å²) in [6, 6.07) is 17.4. The molecule has 1 saturated heterocycles. The molecule has 0 spiro atoms. The van der Waals surface area contributed by atoms with Gasteiger partial charge >= 0.3 is 0 Å². The van der Waals surface area contributed by atoms with Gasteiger partial charge in [0.15, 0.2) is 0 Å². The van der Waals surface area contributed by atoms with Gasteiger partial charge < -0.3 is 10.2 Å². The van der Waals surface area contributed by atoms with Crippen LogP contribution in [0.5, 0.6) is 0 Å². The van der Waals surface area contributed by atoms with Crippen molar-refractivity contribution in [1.29, 1.82) is 0 Å². The standard InChI is InChI=1S/C23H22ClN5O4S2/c24-17-7-5-16(6-8-17)23(30)25-15-19-9-10-22(34-19)35(31,32)28-13-11-18(12-14-28)33-29-21-4-2-1-3-20(21)26-27-29/h1-10,18H,11-15H2,(H,25,30). The Labute approximate surface area is 211 Å². The van der Waals surface area contributed by atoms with Crippen LogP contribution in [0, 0.1) is 0 Å². The molecule has 0 saturated carbocycles. The maximum Gasteiger partial charge on any atom is 0.252 e. The van der Waals surface area contributed by atoms with Gasteiger partial charge in [-0.15, -0.1) is 16.4 Å². The van der Waals surface area contributed by atoms with E-state index in [1.54, 1.807) is 36.4 Å². The van der Waals surface area contributed by atoms with Crippen LogP contribution < -0.4 is 10.2 Å². The van der Waals surface area contributed by atoms with Crippen molar-refractivity contribution in [3.05, 3.63) is 76.1 Å². The zero-order valence-corrected chi connectivity index (χ0v) is 20.9. The smallest absolute Gasteiger partial charge is 0.252 e. The number of rotatable bonds is 7. The van der Waals surface area contributed by atoms with Gasteiger partial charge in [-0.1, -0.05) is 28.6 Å². The van der Waals surface area contributed by atoms with Crippen LogP contribution in [0.1, 0.15) is 28.1 Å². The normalized spacial score (nSPS) is 15.3. The molecule has 0 radical (unpaired) electrons. The molecule has 9 nitrogen and oxygen atoms in total. The fourth-order valence-electron chi connectivity index (χ4n) is 3.83. The van der Waals surface area contributed by atoms with E-state index in [1.807, 2.05) is 24.3 Å². The van der Waals surface area contributed by atoms with E-state index in [2.05, 4.69) is 15.6 Å². The minimum absolute atomic E-state index is 0.159. The lowest BCUT2D eigenvalue weighted by molar-refractivity contribution is -0.00557. The van der Waals surface area contributed by atoms with Crippen LogP contribution in [0.4, 0.5) is 0 Å². The molecule has 3 heterocycles. The number of nitrogens with one attached hydrogen (secondary N) is 1. The zero-order valence-electron chi connectivity index (χ0n) is 18.5. The summed E-state index contributed by atoms with van der Waals surface area (Å²) in [6.45, 7) is 0.934. The van der Waals surface area contributed by atoms with Crippen LogP contribution in [-0.4, -0.2) is 53.0 Å². The lowest BCUT2D eigenvalue weighted by Crippen LogP contribution is -2.43. The van der Waals surface area contributed by atoms with E-state index in [4.69, 9.17) is 16.4 Å². The number of hydrogen-bond acceptors (Lipinski definition) is 7. The van der Waals surface area contributed by atoms with E-state index in [1.165, 1.54) is 9.15 Å². The van der Waals surface area contributed by atoms with Crippen LogP contribution in [-0.2, 0) is 16.6 Å². The van der Waals surface area contributed by atoms with E-state index in [9.17, 15) is 13.2 Å². The van der Waals surface area contributed by atoms with Crippen LogP contribution in [0.2, 0.25) is 5.02 Å². The quantitative estimate of drug-likeness (QED) is 0.392. The molecule has 2 aromatic carbocycles. The average Bonchev–Trinajstić information content (AvgIpc) is 3.51. The van der Waals surface area contributed by atoms with Crippen LogP contribution in [0.15, 0.2) is 64.9 Å². The molecule has 4 aromatic rings. The number of nitrogens with zero attached hydrogens (tertiary/aromatic N) is 4. The molecular formula is C23H22ClN5O4S2. The summed E-state index contributed by atoms with van der Waals surface area (Å²) in [4.78, 5) is 20.4.